The lowest BCUT2D eigenvalue weighted by atomic mass is 9.94. The topological polar surface area (TPSA) is 127 Å². The molecule has 1 aliphatic rings. The van der Waals surface area contributed by atoms with Crippen LogP contribution < -0.4 is 4.74 Å². The molecule has 2 N–H and O–H groups in total. The van der Waals surface area contributed by atoms with E-state index >= 15 is 0 Å². The number of carbonyl (C=O) groups excluding carboxylic acids is 3. The number of nitrogens with zero attached hydrogens (tertiary/aromatic N) is 3. The summed E-state index contributed by atoms with van der Waals surface area (Å²) in [5.41, 5.74) is 1.94. The number of likely N-dealkylation sites (tertiary alicyclic amines) is 1. The van der Waals surface area contributed by atoms with E-state index in [2.05, 4.69) is 9.97 Å². The fraction of sp³-hybridized carbons (Fsp3) is 0.308. The number of aliphatic hydroxyl groups excluding tert-OH is 1. The van der Waals surface area contributed by atoms with Crippen molar-refractivity contribution in [1.29, 1.82) is 0 Å². The van der Waals surface area contributed by atoms with Crippen LogP contribution in [0.15, 0.2) is 48.6 Å². The summed E-state index contributed by atoms with van der Waals surface area (Å²) in [5, 5.41) is 11.5. The lowest BCUT2D eigenvalue weighted by Gasteiger charge is -2.25. The molecular formula is C26H28N4O6. The minimum absolute atomic E-state index is 0.0440. The van der Waals surface area contributed by atoms with Gasteiger partial charge in [-0.2, -0.15) is 0 Å². The summed E-state index contributed by atoms with van der Waals surface area (Å²) in [6.07, 6.45) is 5.75. The van der Waals surface area contributed by atoms with E-state index in [1.807, 2.05) is 10.8 Å². The van der Waals surface area contributed by atoms with Crippen LogP contribution in [0.3, 0.4) is 0 Å². The third-order valence-corrected chi connectivity index (χ3v) is 6.39. The third kappa shape index (κ3) is 4.37. The zero-order valence-corrected chi connectivity index (χ0v) is 20.6. The van der Waals surface area contributed by atoms with Gasteiger partial charge in [0.05, 0.1) is 32.2 Å². The monoisotopic (exact) mass is 492 g/mol. The molecule has 10 heteroatoms. The highest BCUT2D eigenvalue weighted by atomic mass is 16.5. The first-order valence-corrected chi connectivity index (χ1v) is 11.4. The second-order valence-corrected chi connectivity index (χ2v) is 8.54. The van der Waals surface area contributed by atoms with E-state index < -0.39 is 23.7 Å². The van der Waals surface area contributed by atoms with Gasteiger partial charge in [0.25, 0.3) is 11.7 Å². The number of aromatic amines is 1. The summed E-state index contributed by atoms with van der Waals surface area (Å²) in [6.45, 7) is 4.20. The van der Waals surface area contributed by atoms with Crippen LogP contribution in [0.2, 0.25) is 0 Å². The Bertz CT molecular complexity index is 1340. The van der Waals surface area contributed by atoms with Crippen LogP contribution in [-0.2, 0) is 20.9 Å². The normalized spacial score (nSPS) is 17.0. The Morgan fingerprint density at radius 2 is 1.97 bits per heavy atom. The number of esters is 1. The molecule has 0 saturated carbocycles. The van der Waals surface area contributed by atoms with Crippen molar-refractivity contribution in [3.05, 3.63) is 76.6 Å². The summed E-state index contributed by atoms with van der Waals surface area (Å²) < 4.78 is 12.1. The van der Waals surface area contributed by atoms with Gasteiger partial charge >= 0.3 is 5.97 Å². The highest BCUT2D eigenvalue weighted by molar-refractivity contribution is 6.46. The molecule has 0 bridgehead atoms. The Morgan fingerprint density at radius 3 is 2.64 bits per heavy atom. The van der Waals surface area contributed by atoms with Gasteiger partial charge in [0.15, 0.2) is 0 Å². The predicted octanol–water partition coefficient (Wildman–Crippen LogP) is 3.14. The van der Waals surface area contributed by atoms with Crippen molar-refractivity contribution in [3.63, 3.8) is 0 Å². The lowest BCUT2D eigenvalue weighted by molar-refractivity contribution is -0.139. The van der Waals surface area contributed by atoms with Crippen molar-refractivity contribution >= 4 is 23.4 Å². The number of hydrogen-bond acceptors (Lipinski definition) is 7. The molecule has 3 heterocycles. The summed E-state index contributed by atoms with van der Waals surface area (Å²) in [4.78, 5) is 47.1. The van der Waals surface area contributed by atoms with Gasteiger partial charge in [0, 0.05) is 36.7 Å². The molecule has 10 nitrogen and oxygen atoms in total. The third-order valence-electron chi connectivity index (χ3n) is 6.39. The fourth-order valence-electron chi connectivity index (χ4n) is 4.66. The molecule has 0 spiro atoms. The van der Waals surface area contributed by atoms with E-state index in [9.17, 15) is 19.5 Å². The summed E-state index contributed by atoms with van der Waals surface area (Å²) in [5.74, 6) is -1.88. The zero-order valence-electron chi connectivity index (χ0n) is 20.6. The van der Waals surface area contributed by atoms with Crippen molar-refractivity contribution in [2.45, 2.75) is 32.9 Å². The standard InChI is InChI=1S/C26H28N4O6/c1-15-19(16(2)28-21(15)26(34)36-4)23(31)20-22(17-7-5-8-18(13-17)35-3)30(25(33)24(20)32)11-6-10-29-12-9-27-14-29/h5,7-9,12-14,22,28,31H,6,10-11H2,1-4H3/t22-/m0/s1. The molecular weight excluding hydrogens is 464 g/mol. The number of Topliss-reactive ketones (excluding diaryl/α,β-unsaturated/α-hetero) is 1. The Morgan fingerprint density at radius 1 is 1.19 bits per heavy atom. The van der Waals surface area contributed by atoms with Gasteiger partial charge in [-0.25, -0.2) is 9.78 Å². The number of aryl methyl sites for hydroxylation is 2. The molecule has 0 aliphatic carbocycles. The van der Waals surface area contributed by atoms with Gasteiger partial charge in [-0.15, -0.1) is 0 Å². The van der Waals surface area contributed by atoms with Gasteiger partial charge in [0.2, 0.25) is 0 Å². The van der Waals surface area contributed by atoms with E-state index in [0.717, 1.165) is 0 Å². The average molecular weight is 493 g/mol. The van der Waals surface area contributed by atoms with Crippen molar-refractivity contribution in [3.8, 4) is 5.75 Å². The minimum atomic E-state index is -0.835. The molecule has 0 radical (unpaired) electrons. The van der Waals surface area contributed by atoms with Crippen LogP contribution >= 0.6 is 0 Å². The Balaban J connectivity index is 1.81. The highest BCUT2D eigenvalue weighted by Crippen LogP contribution is 2.41. The number of hydrogen-bond donors (Lipinski definition) is 2. The number of ketones is 1. The molecule has 1 atom stereocenters. The number of amides is 1. The van der Waals surface area contributed by atoms with Crippen LogP contribution in [0, 0.1) is 13.8 Å². The smallest absolute Gasteiger partial charge is 0.354 e. The molecule has 1 amide bonds. The average Bonchev–Trinajstić information content (AvgIpc) is 3.57. The molecule has 188 valence electrons. The van der Waals surface area contributed by atoms with E-state index in [0.29, 0.717) is 41.1 Å². The molecule has 4 rings (SSSR count). The minimum Gasteiger partial charge on any atom is -0.507 e. The predicted molar refractivity (Wildman–Crippen MR) is 130 cm³/mol. The number of methoxy groups -OCH3 is 2. The van der Waals surface area contributed by atoms with Gasteiger partial charge < -0.3 is 29.0 Å². The number of nitrogens with one attached hydrogen (secondary N) is 1. The van der Waals surface area contributed by atoms with Crippen LogP contribution in [0.5, 0.6) is 5.75 Å². The molecule has 1 aromatic carbocycles. The molecule has 0 unspecified atom stereocenters. The number of imidazole rings is 1. The van der Waals surface area contributed by atoms with E-state index in [4.69, 9.17) is 9.47 Å². The number of ether oxygens (including phenoxy) is 2. The van der Waals surface area contributed by atoms with Gasteiger partial charge in [-0.05, 0) is 43.5 Å². The van der Waals surface area contributed by atoms with E-state index in [-0.39, 0.29) is 23.6 Å². The Kier molecular flexibility index (Phi) is 6.96. The number of benzene rings is 1. The van der Waals surface area contributed by atoms with Gasteiger partial charge in [-0.1, -0.05) is 12.1 Å². The second kappa shape index (κ2) is 10.1. The maximum atomic E-state index is 13.3. The largest absolute Gasteiger partial charge is 0.507 e. The zero-order chi connectivity index (χ0) is 26.0. The molecule has 1 saturated heterocycles. The number of aliphatic hydroxyl groups is 1. The molecule has 1 aliphatic heterocycles. The van der Waals surface area contributed by atoms with Gasteiger partial charge in [0.1, 0.15) is 17.2 Å². The molecule has 36 heavy (non-hydrogen) atoms. The molecule has 1 fully saturated rings. The number of rotatable bonds is 8. The fourth-order valence-corrected chi connectivity index (χ4v) is 4.66. The van der Waals surface area contributed by atoms with Crippen molar-refractivity contribution in [1.82, 2.24) is 19.4 Å². The van der Waals surface area contributed by atoms with Gasteiger partial charge in [-0.3, -0.25) is 9.59 Å². The summed E-state index contributed by atoms with van der Waals surface area (Å²) in [7, 11) is 2.79. The first-order valence-electron chi connectivity index (χ1n) is 11.4. The van der Waals surface area contributed by atoms with E-state index in [1.165, 1.54) is 19.1 Å². The Labute approximate surface area is 208 Å². The number of carbonyl (C=O) groups is 3. The van der Waals surface area contributed by atoms with Crippen LogP contribution in [-0.4, -0.2) is 63.0 Å². The summed E-state index contributed by atoms with van der Waals surface area (Å²) in [6, 6.07) is 6.22. The first-order chi connectivity index (χ1) is 17.3. The Hall–Kier alpha value is -4.34. The number of H-pyrrole nitrogens is 1. The lowest BCUT2D eigenvalue weighted by Crippen LogP contribution is -2.31. The van der Waals surface area contributed by atoms with Crippen molar-refractivity contribution in [2.75, 3.05) is 20.8 Å². The van der Waals surface area contributed by atoms with Crippen LogP contribution in [0.4, 0.5) is 0 Å². The summed E-state index contributed by atoms with van der Waals surface area (Å²) >= 11 is 0. The van der Waals surface area contributed by atoms with Crippen LogP contribution in [0.1, 0.15) is 45.3 Å². The van der Waals surface area contributed by atoms with Crippen molar-refractivity contribution in [2.24, 2.45) is 0 Å². The van der Waals surface area contributed by atoms with Crippen molar-refractivity contribution < 1.29 is 29.0 Å². The maximum absolute atomic E-state index is 13.3. The van der Waals surface area contributed by atoms with Crippen LogP contribution in [0.25, 0.3) is 5.76 Å². The molecule has 3 aromatic rings. The number of aromatic nitrogens is 3. The van der Waals surface area contributed by atoms with E-state index in [1.54, 1.807) is 50.6 Å². The second-order valence-electron chi connectivity index (χ2n) is 8.54. The quantitative estimate of drug-likeness (QED) is 0.214. The molecule has 2 aromatic heterocycles. The SMILES string of the molecule is COC(=O)c1[nH]c(C)c(C(O)=C2C(=O)C(=O)N(CCCn3ccnc3)[C@H]2c2cccc(OC)c2)c1C. The maximum Gasteiger partial charge on any atom is 0.354 e. The highest BCUT2D eigenvalue weighted by Gasteiger charge is 2.46. The first kappa shape index (κ1) is 24.8.